The highest BCUT2D eigenvalue weighted by Gasteiger charge is 2.26. The molecule has 0 saturated heterocycles. The van der Waals surface area contributed by atoms with Crippen molar-refractivity contribution in [1.82, 2.24) is 0 Å². The third-order valence-electron chi connectivity index (χ3n) is 3.17. The van der Waals surface area contributed by atoms with Crippen molar-refractivity contribution in [2.24, 2.45) is 0 Å². The van der Waals surface area contributed by atoms with E-state index in [1.165, 1.54) is 0 Å². The van der Waals surface area contributed by atoms with Crippen molar-refractivity contribution >= 4 is 9.84 Å². The van der Waals surface area contributed by atoms with E-state index in [9.17, 15) is 31.1 Å². The first-order valence-corrected chi connectivity index (χ1v) is 8.28. The van der Waals surface area contributed by atoms with E-state index in [2.05, 4.69) is 0 Å². The first kappa shape index (κ1) is 17.4. The third kappa shape index (κ3) is 4.08. The average Bonchev–Trinajstić information content (AvgIpc) is 2.42. The highest BCUT2D eigenvalue weighted by Crippen LogP contribution is 2.24. The van der Waals surface area contributed by atoms with Gasteiger partial charge in [0.05, 0.1) is 23.2 Å². The maximum Gasteiger partial charge on any atom is 0.157 e. The molecule has 0 fully saturated rings. The summed E-state index contributed by atoms with van der Waals surface area (Å²) in [5.41, 5.74) is -1.49. The van der Waals surface area contributed by atoms with Crippen LogP contribution >= 0.6 is 0 Å². The van der Waals surface area contributed by atoms with Gasteiger partial charge in [-0.2, -0.15) is 0 Å². The van der Waals surface area contributed by atoms with E-state index in [1.54, 1.807) is 0 Å². The smallest absolute Gasteiger partial charge is 0.157 e. The summed E-state index contributed by atoms with van der Waals surface area (Å²) in [5, 5.41) is 9.79. The molecule has 8 heteroatoms. The topological polar surface area (TPSA) is 54.4 Å². The lowest BCUT2D eigenvalue weighted by atomic mass is 10.1. The Morgan fingerprint density at radius 3 is 1.78 bits per heavy atom. The van der Waals surface area contributed by atoms with E-state index in [1.807, 2.05) is 0 Å². The number of hydrogen-bond donors (Lipinski definition) is 1. The molecule has 1 N–H and O–H groups in total. The van der Waals surface area contributed by atoms with Crippen molar-refractivity contribution in [2.45, 2.75) is 11.9 Å². The second-order valence-electron chi connectivity index (χ2n) is 4.91. The molecule has 1 unspecified atom stereocenters. The molecule has 124 valence electrons. The second-order valence-corrected chi connectivity index (χ2v) is 7.02. The Hall–Kier alpha value is -1.93. The molecule has 0 aliphatic heterocycles. The van der Waals surface area contributed by atoms with Crippen LogP contribution in [0.15, 0.2) is 36.4 Å². The van der Waals surface area contributed by atoms with E-state index in [0.717, 1.165) is 36.4 Å². The first-order valence-electron chi connectivity index (χ1n) is 6.46. The average molecular weight is 348 g/mol. The van der Waals surface area contributed by atoms with Crippen LogP contribution in [0.3, 0.4) is 0 Å². The van der Waals surface area contributed by atoms with Crippen LogP contribution < -0.4 is 0 Å². The van der Waals surface area contributed by atoms with Gasteiger partial charge in [0.2, 0.25) is 0 Å². The fraction of sp³-hybridized carbons (Fsp3) is 0.200. The Bertz CT molecular complexity index is 781. The fourth-order valence-corrected chi connectivity index (χ4v) is 3.58. The Balaban J connectivity index is 2.25. The molecule has 2 aromatic carbocycles. The van der Waals surface area contributed by atoms with Crippen LogP contribution in [0.4, 0.5) is 17.6 Å². The zero-order chi connectivity index (χ0) is 17.2. The third-order valence-corrected chi connectivity index (χ3v) is 4.72. The molecule has 0 bridgehead atoms. The van der Waals surface area contributed by atoms with Crippen molar-refractivity contribution in [2.75, 3.05) is 5.75 Å². The number of aliphatic hydroxyl groups excluding tert-OH is 1. The van der Waals surface area contributed by atoms with E-state index >= 15 is 0 Å². The lowest BCUT2D eigenvalue weighted by Gasteiger charge is -2.14. The van der Waals surface area contributed by atoms with Crippen LogP contribution in [0.25, 0.3) is 0 Å². The van der Waals surface area contributed by atoms with Gasteiger partial charge < -0.3 is 5.11 Å². The molecule has 23 heavy (non-hydrogen) atoms. The van der Waals surface area contributed by atoms with Gasteiger partial charge >= 0.3 is 0 Å². The van der Waals surface area contributed by atoms with E-state index in [0.29, 0.717) is 0 Å². The van der Waals surface area contributed by atoms with Crippen molar-refractivity contribution < 1.29 is 31.1 Å². The molecule has 0 saturated carbocycles. The quantitative estimate of drug-likeness (QED) is 0.846. The Morgan fingerprint density at radius 2 is 1.30 bits per heavy atom. The number of hydrogen-bond acceptors (Lipinski definition) is 3. The summed E-state index contributed by atoms with van der Waals surface area (Å²) in [6, 6.07) is 5.64. The van der Waals surface area contributed by atoms with Gasteiger partial charge in [0.15, 0.2) is 9.84 Å². The largest absolute Gasteiger partial charge is 0.387 e. The number of aliphatic hydroxyl groups is 1. The molecule has 0 aromatic heterocycles. The van der Waals surface area contributed by atoms with Crippen LogP contribution in [0, 0.1) is 23.3 Å². The van der Waals surface area contributed by atoms with Crippen molar-refractivity contribution in [3.05, 3.63) is 70.8 Å². The molecule has 2 aromatic rings. The molecule has 3 nitrogen and oxygen atoms in total. The summed E-state index contributed by atoms with van der Waals surface area (Å²) in [6.45, 7) is 0. The maximum atomic E-state index is 13.5. The minimum Gasteiger partial charge on any atom is -0.387 e. The number of benzene rings is 2. The van der Waals surface area contributed by atoms with Gasteiger partial charge in [0.25, 0.3) is 0 Å². The predicted octanol–water partition coefficient (Wildman–Crippen LogP) is 2.89. The fourth-order valence-electron chi connectivity index (χ4n) is 2.10. The van der Waals surface area contributed by atoms with Gasteiger partial charge in [-0.05, 0) is 24.3 Å². The van der Waals surface area contributed by atoms with Gasteiger partial charge in [-0.1, -0.05) is 12.1 Å². The minimum absolute atomic E-state index is 0.686. The summed E-state index contributed by atoms with van der Waals surface area (Å²) >= 11 is 0. The number of sulfone groups is 1. The SMILES string of the molecule is O=S(=O)(Cc1c(F)cccc1F)CC(O)c1c(F)cccc1F. The monoisotopic (exact) mass is 348 g/mol. The van der Waals surface area contributed by atoms with Crippen LogP contribution in [0.1, 0.15) is 17.2 Å². The van der Waals surface area contributed by atoms with Crippen LogP contribution in [0.5, 0.6) is 0 Å². The second kappa shape index (κ2) is 6.67. The molecule has 0 amide bonds. The molecule has 0 heterocycles. The number of halogens is 4. The highest BCUT2D eigenvalue weighted by atomic mass is 32.2. The molecular formula is C15H12F4O3S. The maximum absolute atomic E-state index is 13.5. The molecule has 2 rings (SSSR count). The standard InChI is InChI=1S/C15H12F4O3S/c16-10-3-1-4-11(17)9(10)7-23(21,22)8-14(20)15-12(18)5-2-6-13(15)19/h1-6,14,20H,7-8H2. The summed E-state index contributed by atoms with van der Waals surface area (Å²) < 4.78 is 77.9. The van der Waals surface area contributed by atoms with E-state index < -0.39 is 61.8 Å². The van der Waals surface area contributed by atoms with E-state index in [-0.39, 0.29) is 0 Å². The zero-order valence-corrected chi connectivity index (χ0v) is 12.5. The van der Waals surface area contributed by atoms with Crippen LogP contribution in [0.2, 0.25) is 0 Å². The summed E-state index contributed by atoms with van der Waals surface area (Å²) in [4.78, 5) is 0. The molecule has 0 spiro atoms. The Morgan fingerprint density at radius 1 is 0.870 bits per heavy atom. The summed E-state index contributed by atoms with van der Waals surface area (Å²) in [7, 11) is -4.22. The minimum atomic E-state index is -4.22. The lowest BCUT2D eigenvalue weighted by Crippen LogP contribution is -2.19. The van der Waals surface area contributed by atoms with Crippen molar-refractivity contribution in [3.63, 3.8) is 0 Å². The first-order chi connectivity index (χ1) is 10.7. The summed E-state index contributed by atoms with van der Waals surface area (Å²) in [5.74, 6) is -6.42. The summed E-state index contributed by atoms with van der Waals surface area (Å²) in [6.07, 6.45) is -1.99. The molecule has 0 aliphatic carbocycles. The number of rotatable bonds is 5. The van der Waals surface area contributed by atoms with E-state index in [4.69, 9.17) is 0 Å². The highest BCUT2D eigenvalue weighted by molar-refractivity contribution is 7.90. The van der Waals surface area contributed by atoms with Crippen LogP contribution in [-0.2, 0) is 15.6 Å². The van der Waals surface area contributed by atoms with Crippen molar-refractivity contribution in [3.8, 4) is 0 Å². The normalized spacial score (nSPS) is 13.1. The lowest BCUT2D eigenvalue weighted by molar-refractivity contribution is 0.191. The van der Waals surface area contributed by atoms with Gasteiger partial charge in [-0.3, -0.25) is 0 Å². The molecule has 0 aliphatic rings. The zero-order valence-electron chi connectivity index (χ0n) is 11.6. The Kier molecular flexibility index (Phi) is 5.06. The van der Waals surface area contributed by atoms with Gasteiger partial charge in [-0.25, -0.2) is 26.0 Å². The molecule has 0 radical (unpaired) electrons. The van der Waals surface area contributed by atoms with Crippen molar-refractivity contribution in [1.29, 1.82) is 0 Å². The van der Waals surface area contributed by atoms with Gasteiger partial charge in [0.1, 0.15) is 23.3 Å². The van der Waals surface area contributed by atoms with Gasteiger partial charge in [0, 0.05) is 5.56 Å². The predicted molar refractivity (Wildman–Crippen MR) is 75.2 cm³/mol. The Labute approximate surface area is 130 Å². The molecule has 1 atom stereocenters. The van der Waals surface area contributed by atoms with Crippen LogP contribution in [-0.4, -0.2) is 19.3 Å². The van der Waals surface area contributed by atoms with Gasteiger partial charge in [-0.15, -0.1) is 0 Å². The molecular weight excluding hydrogens is 336 g/mol.